The van der Waals surface area contributed by atoms with Crippen LogP contribution in [0.4, 0.5) is 14.5 Å². The Balaban J connectivity index is 1.49. The van der Waals surface area contributed by atoms with E-state index in [2.05, 4.69) is 15.5 Å². The van der Waals surface area contributed by atoms with Gasteiger partial charge in [0, 0.05) is 5.69 Å². The van der Waals surface area contributed by atoms with Crippen molar-refractivity contribution in [1.82, 2.24) is 10.2 Å². The van der Waals surface area contributed by atoms with E-state index in [9.17, 15) is 13.6 Å². The average Bonchev–Trinajstić information content (AvgIpc) is 3.30. The van der Waals surface area contributed by atoms with Crippen molar-refractivity contribution in [1.29, 1.82) is 0 Å². The molecule has 1 N–H and O–H groups in total. The Bertz CT molecular complexity index is 1200. The summed E-state index contributed by atoms with van der Waals surface area (Å²) in [6.45, 7) is 1.72. The average molecular weight is 467 g/mol. The van der Waals surface area contributed by atoms with E-state index >= 15 is 0 Å². The molecule has 0 aliphatic carbocycles. The fourth-order valence-corrected chi connectivity index (χ4v) is 3.82. The number of carbonyl (C=O) groups is 1. The van der Waals surface area contributed by atoms with Crippen molar-refractivity contribution in [3.8, 4) is 5.75 Å². The highest BCUT2D eigenvalue weighted by Crippen LogP contribution is 2.36. The summed E-state index contributed by atoms with van der Waals surface area (Å²) >= 11 is 1.09. The van der Waals surface area contributed by atoms with E-state index in [0.717, 1.165) is 17.3 Å². The van der Waals surface area contributed by atoms with Gasteiger partial charge in [-0.3, -0.25) is 4.79 Å². The van der Waals surface area contributed by atoms with Gasteiger partial charge in [0.2, 0.25) is 5.91 Å². The number of benzene rings is 3. The zero-order valence-corrected chi connectivity index (χ0v) is 18.3. The summed E-state index contributed by atoms with van der Waals surface area (Å²) in [5.41, 5.74) is 1.20. The van der Waals surface area contributed by atoms with E-state index in [1.54, 1.807) is 6.92 Å². The normalized spacial score (nSPS) is 12.7. The summed E-state index contributed by atoms with van der Waals surface area (Å²) in [7, 11) is 0. The zero-order chi connectivity index (χ0) is 23.2. The largest absolute Gasteiger partial charge is 0.481 e. The molecule has 0 radical (unpaired) electrons. The number of halogens is 2. The molecular formula is C24H19F2N3O3S. The van der Waals surface area contributed by atoms with Crippen LogP contribution >= 0.6 is 11.8 Å². The maximum Gasteiger partial charge on any atom is 0.277 e. The van der Waals surface area contributed by atoms with Crippen molar-refractivity contribution in [2.24, 2.45) is 0 Å². The molecule has 6 nitrogen and oxygen atoms in total. The van der Waals surface area contributed by atoms with Crippen molar-refractivity contribution < 1.29 is 22.7 Å². The third-order valence-corrected chi connectivity index (χ3v) is 5.66. The molecular weight excluding hydrogens is 448 g/mol. The molecule has 1 amide bonds. The minimum absolute atomic E-state index is 0.183. The van der Waals surface area contributed by atoms with Crippen molar-refractivity contribution in [2.75, 3.05) is 5.32 Å². The first-order chi connectivity index (χ1) is 16.0. The maximum atomic E-state index is 13.2. The predicted molar refractivity (Wildman–Crippen MR) is 120 cm³/mol. The number of rotatable bonds is 8. The Morgan fingerprint density at radius 3 is 2.24 bits per heavy atom. The molecule has 1 heterocycles. The van der Waals surface area contributed by atoms with E-state index in [1.807, 2.05) is 30.3 Å². The van der Waals surface area contributed by atoms with Crippen LogP contribution in [0.15, 0.2) is 88.5 Å². The Morgan fingerprint density at radius 1 is 0.939 bits per heavy atom. The number of nitrogens with zero attached hydrogens (tertiary/aromatic N) is 2. The minimum Gasteiger partial charge on any atom is -0.481 e. The summed E-state index contributed by atoms with van der Waals surface area (Å²) in [5.74, 6) is -0.410. The van der Waals surface area contributed by atoms with Crippen LogP contribution in [0, 0.1) is 11.6 Å². The van der Waals surface area contributed by atoms with Crippen LogP contribution in [0.5, 0.6) is 5.75 Å². The van der Waals surface area contributed by atoms with Gasteiger partial charge in [0.1, 0.15) is 22.6 Å². The number of thioether (sulfide) groups is 1. The molecule has 3 aromatic carbocycles. The second kappa shape index (κ2) is 10.3. The molecule has 33 heavy (non-hydrogen) atoms. The standard InChI is InChI=1S/C24H19F2N3O3S/c1-15(31-20-13-9-18(26)10-14-20)23-28-29-24(32-23)33-21(16-5-3-2-4-6-16)22(30)27-19-11-7-17(25)8-12-19/h2-15,21H,1H3,(H,27,30)/t15-,21+/m0/s1. The lowest BCUT2D eigenvalue weighted by Crippen LogP contribution is -2.19. The highest BCUT2D eigenvalue weighted by Gasteiger charge is 2.26. The second-order valence-electron chi connectivity index (χ2n) is 7.02. The first kappa shape index (κ1) is 22.5. The summed E-state index contributed by atoms with van der Waals surface area (Å²) in [6.07, 6.45) is -0.583. The lowest BCUT2D eigenvalue weighted by molar-refractivity contribution is -0.115. The number of hydrogen-bond acceptors (Lipinski definition) is 6. The first-order valence-electron chi connectivity index (χ1n) is 10.0. The van der Waals surface area contributed by atoms with E-state index in [0.29, 0.717) is 11.4 Å². The van der Waals surface area contributed by atoms with Crippen LogP contribution in [0.3, 0.4) is 0 Å². The molecule has 4 rings (SSSR count). The summed E-state index contributed by atoms with van der Waals surface area (Å²) < 4.78 is 37.7. The number of amides is 1. The van der Waals surface area contributed by atoms with Gasteiger partial charge in [0.15, 0.2) is 6.10 Å². The molecule has 0 saturated carbocycles. The van der Waals surface area contributed by atoms with Gasteiger partial charge in [-0.25, -0.2) is 8.78 Å². The lowest BCUT2D eigenvalue weighted by atomic mass is 10.1. The molecule has 0 saturated heterocycles. The number of hydrogen-bond donors (Lipinski definition) is 1. The summed E-state index contributed by atoms with van der Waals surface area (Å²) in [5, 5.41) is 10.3. The van der Waals surface area contributed by atoms with Crippen LogP contribution in [0.2, 0.25) is 0 Å². The van der Waals surface area contributed by atoms with Gasteiger partial charge in [0.25, 0.3) is 11.1 Å². The van der Waals surface area contributed by atoms with Gasteiger partial charge in [0.05, 0.1) is 0 Å². The smallest absolute Gasteiger partial charge is 0.277 e. The molecule has 2 atom stereocenters. The van der Waals surface area contributed by atoms with Crippen LogP contribution in [0.25, 0.3) is 0 Å². The highest BCUT2D eigenvalue weighted by molar-refractivity contribution is 8.00. The monoisotopic (exact) mass is 467 g/mol. The molecule has 0 aliphatic rings. The molecule has 4 aromatic rings. The molecule has 168 valence electrons. The van der Waals surface area contributed by atoms with Gasteiger partial charge in [-0.05, 0) is 72.8 Å². The molecule has 0 aliphatic heterocycles. The van der Waals surface area contributed by atoms with E-state index in [-0.39, 0.29) is 22.8 Å². The van der Waals surface area contributed by atoms with Crippen LogP contribution in [-0.2, 0) is 4.79 Å². The topological polar surface area (TPSA) is 77.2 Å². The fraction of sp³-hybridized carbons (Fsp3) is 0.125. The van der Waals surface area contributed by atoms with Gasteiger partial charge in [-0.1, -0.05) is 30.3 Å². The van der Waals surface area contributed by atoms with Crippen molar-refractivity contribution in [3.63, 3.8) is 0 Å². The Morgan fingerprint density at radius 2 is 1.58 bits per heavy atom. The Labute approximate surface area is 193 Å². The number of ether oxygens (including phenoxy) is 1. The van der Waals surface area contributed by atoms with Crippen molar-refractivity contribution >= 4 is 23.4 Å². The van der Waals surface area contributed by atoms with Crippen molar-refractivity contribution in [2.45, 2.75) is 23.5 Å². The number of carbonyl (C=O) groups excluding carboxylic acids is 1. The van der Waals surface area contributed by atoms with Gasteiger partial charge >= 0.3 is 0 Å². The van der Waals surface area contributed by atoms with Crippen molar-refractivity contribution in [3.05, 3.63) is 102 Å². The SMILES string of the molecule is C[C@H](Oc1ccc(F)cc1)c1nnc(S[C@@H](C(=O)Nc2ccc(F)cc2)c2ccccc2)o1. The quantitative estimate of drug-likeness (QED) is 0.322. The maximum absolute atomic E-state index is 13.2. The molecule has 1 aromatic heterocycles. The van der Waals surface area contributed by atoms with E-state index in [1.165, 1.54) is 48.5 Å². The fourth-order valence-electron chi connectivity index (χ4n) is 2.94. The third-order valence-electron chi connectivity index (χ3n) is 4.57. The predicted octanol–water partition coefficient (Wildman–Crippen LogP) is 5.96. The number of aromatic nitrogens is 2. The Hall–Kier alpha value is -3.72. The molecule has 0 fully saturated rings. The van der Waals surface area contributed by atoms with Crippen LogP contribution in [-0.4, -0.2) is 16.1 Å². The van der Waals surface area contributed by atoms with Gasteiger partial charge in [-0.15, -0.1) is 10.2 Å². The molecule has 0 spiro atoms. The van der Waals surface area contributed by atoms with Crippen LogP contribution < -0.4 is 10.1 Å². The number of nitrogens with one attached hydrogen (secondary N) is 1. The second-order valence-corrected chi connectivity index (χ2v) is 8.08. The highest BCUT2D eigenvalue weighted by atomic mass is 32.2. The third kappa shape index (κ3) is 5.95. The lowest BCUT2D eigenvalue weighted by Gasteiger charge is -2.15. The number of anilines is 1. The Kier molecular flexibility index (Phi) is 6.99. The molecule has 0 unspecified atom stereocenters. The minimum atomic E-state index is -0.696. The molecule has 0 bridgehead atoms. The van der Waals surface area contributed by atoms with Crippen LogP contribution in [0.1, 0.15) is 29.7 Å². The first-order valence-corrected chi connectivity index (χ1v) is 10.9. The zero-order valence-electron chi connectivity index (χ0n) is 17.4. The van der Waals surface area contributed by atoms with E-state index < -0.39 is 17.2 Å². The summed E-state index contributed by atoms with van der Waals surface area (Å²) in [6, 6.07) is 20.2. The van der Waals surface area contributed by atoms with Gasteiger partial charge < -0.3 is 14.5 Å². The van der Waals surface area contributed by atoms with Gasteiger partial charge in [-0.2, -0.15) is 0 Å². The molecule has 9 heteroatoms. The summed E-state index contributed by atoms with van der Waals surface area (Å²) in [4.78, 5) is 13.0. The van der Waals surface area contributed by atoms with E-state index in [4.69, 9.17) is 9.15 Å².